The van der Waals surface area contributed by atoms with Crippen LogP contribution in [0, 0.1) is 11.3 Å². The molecule has 8 heteroatoms. The molecule has 0 aliphatic rings. The van der Waals surface area contributed by atoms with Crippen molar-refractivity contribution in [3.05, 3.63) is 41.4 Å². The average Bonchev–Trinajstić information content (AvgIpc) is 3.08. The minimum absolute atomic E-state index is 0.0846. The van der Waals surface area contributed by atoms with E-state index in [2.05, 4.69) is 11.1 Å². The third-order valence-electron chi connectivity index (χ3n) is 3.30. The van der Waals surface area contributed by atoms with Crippen molar-refractivity contribution in [3.8, 4) is 6.07 Å². The second-order valence-electron chi connectivity index (χ2n) is 5.16. The zero-order chi connectivity index (χ0) is 18.8. The molecule has 136 valence electrons. The Hall–Kier alpha value is -2.37. The van der Waals surface area contributed by atoms with Crippen LogP contribution >= 0.6 is 23.1 Å². The highest BCUT2D eigenvalue weighted by molar-refractivity contribution is 8.01. The van der Waals surface area contributed by atoms with Gasteiger partial charge in [-0.05, 0) is 19.1 Å². The number of hydrogen-bond acceptors (Lipinski definition) is 7. The first-order chi connectivity index (χ1) is 12.6. The summed E-state index contributed by atoms with van der Waals surface area (Å²) in [6.45, 7) is 2.46. The lowest BCUT2D eigenvalue weighted by Crippen LogP contribution is -2.33. The molecule has 0 atom stereocenters. The molecule has 2 aromatic rings. The fourth-order valence-corrected chi connectivity index (χ4v) is 3.89. The molecule has 1 amide bonds. The van der Waals surface area contributed by atoms with Gasteiger partial charge in [-0.2, -0.15) is 5.26 Å². The van der Waals surface area contributed by atoms with Crippen molar-refractivity contribution >= 4 is 40.7 Å². The minimum Gasteiger partial charge on any atom is -0.466 e. The number of nitrogens with zero attached hydrogens (tertiary/aromatic N) is 3. The first-order valence-electron chi connectivity index (χ1n) is 8.09. The van der Waals surface area contributed by atoms with Crippen LogP contribution in [0.2, 0.25) is 0 Å². The monoisotopic (exact) mass is 389 g/mol. The van der Waals surface area contributed by atoms with Crippen LogP contribution < -0.4 is 4.90 Å². The van der Waals surface area contributed by atoms with Gasteiger partial charge in [0.25, 0.3) is 0 Å². The van der Waals surface area contributed by atoms with Crippen LogP contribution in [0.5, 0.6) is 0 Å². The zero-order valence-corrected chi connectivity index (χ0v) is 16.0. The van der Waals surface area contributed by atoms with Crippen molar-refractivity contribution < 1.29 is 14.3 Å². The van der Waals surface area contributed by atoms with E-state index in [0.29, 0.717) is 18.8 Å². The van der Waals surface area contributed by atoms with Gasteiger partial charge in [0, 0.05) is 17.6 Å². The fraction of sp³-hybridized carbons (Fsp3) is 0.333. The molecule has 0 bridgehead atoms. The Bertz CT molecular complexity index is 771. The standard InChI is InChI=1S/C18H19N3O3S2/c1-2-24-17(23)11-14-12-25-18(20-14)26-13-16(22)21(10-6-9-19)15-7-4-3-5-8-15/h3-5,7-8,12H,2,6,10-11,13H2,1H3. The highest BCUT2D eigenvalue weighted by atomic mass is 32.2. The minimum atomic E-state index is -0.308. The summed E-state index contributed by atoms with van der Waals surface area (Å²) in [4.78, 5) is 30.0. The van der Waals surface area contributed by atoms with Crippen LogP contribution in [0.1, 0.15) is 19.0 Å². The Morgan fingerprint density at radius 3 is 2.81 bits per heavy atom. The van der Waals surface area contributed by atoms with E-state index >= 15 is 0 Å². The molecule has 0 unspecified atom stereocenters. The molecule has 2 rings (SSSR count). The van der Waals surface area contributed by atoms with Crippen molar-refractivity contribution in [2.75, 3.05) is 23.8 Å². The summed E-state index contributed by atoms with van der Waals surface area (Å²) in [6.07, 6.45) is 0.406. The van der Waals surface area contributed by atoms with Gasteiger partial charge in [0.15, 0.2) is 4.34 Å². The maximum absolute atomic E-state index is 12.6. The topological polar surface area (TPSA) is 83.3 Å². The number of thioether (sulfide) groups is 1. The number of benzene rings is 1. The molecular weight excluding hydrogens is 370 g/mol. The predicted octanol–water partition coefficient (Wildman–Crippen LogP) is 3.29. The lowest BCUT2D eigenvalue weighted by Gasteiger charge is -2.21. The predicted molar refractivity (Wildman–Crippen MR) is 102 cm³/mol. The van der Waals surface area contributed by atoms with Gasteiger partial charge >= 0.3 is 5.97 Å². The smallest absolute Gasteiger partial charge is 0.311 e. The SMILES string of the molecule is CCOC(=O)Cc1csc(SCC(=O)N(CCC#N)c2ccccc2)n1. The summed E-state index contributed by atoms with van der Waals surface area (Å²) in [5, 5.41) is 10.6. The number of anilines is 1. The molecule has 0 radical (unpaired) electrons. The Morgan fingerprint density at radius 2 is 2.12 bits per heavy atom. The van der Waals surface area contributed by atoms with E-state index in [1.165, 1.54) is 23.1 Å². The number of esters is 1. The van der Waals surface area contributed by atoms with Crippen molar-refractivity contribution in [2.24, 2.45) is 0 Å². The largest absolute Gasteiger partial charge is 0.466 e. The van der Waals surface area contributed by atoms with Gasteiger partial charge in [-0.15, -0.1) is 11.3 Å². The highest BCUT2D eigenvalue weighted by Gasteiger charge is 2.17. The number of rotatable bonds is 9. The molecule has 0 aliphatic carbocycles. The van der Waals surface area contributed by atoms with Crippen LogP contribution in [-0.4, -0.2) is 35.8 Å². The molecule has 0 saturated heterocycles. The average molecular weight is 390 g/mol. The summed E-state index contributed by atoms with van der Waals surface area (Å²) < 4.78 is 5.63. The van der Waals surface area contributed by atoms with Gasteiger partial charge in [-0.1, -0.05) is 30.0 Å². The summed E-state index contributed by atoms with van der Waals surface area (Å²) in [6, 6.07) is 11.4. The van der Waals surface area contributed by atoms with Crippen LogP contribution in [0.4, 0.5) is 5.69 Å². The number of hydrogen-bond donors (Lipinski definition) is 0. The molecular formula is C18H19N3O3S2. The highest BCUT2D eigenvalue weighted by Crippen LogP contribution is 2.24. The number of thiazole rings is 1. The van der Waals surface area contributed by atoms with Crippen LogP contribution in [0.25, 0.3) is 0 Å². The van der Waals surface area contributed by atoms with Crippen molar-refractivity contribution in [2.45, 2.75) is 24.1 Å². The van der Waals surface area contributed by atoms with E-state index in [9.17, 15) is 9.59 Å². The molecule has 0 saturated carbocycles. The summed E-state index contributed by atoms with van der Waals surface area (Å²) in [7, 11) is 0. The quantitative estimate of drug-likeness (QED) is 0.483. The summed E-state index contributed by atoms with van der Waals surface area (Å²) in [5.74, 6) is -0.178. The Balaban J connectivity index is 1.94. The Morgan fingerprint density at radius 1 is 1.35 bits per heavy atom. The second kappa shape index (κ2) is 10.6. The number of carbonyl (C=O) groups excluding carboxylic acids is 2. The lowest BCUT2D eigenvalue weighted by molar-refractivity contribution is -0.142. The van der Waals surface area contributed by atoms with Gasteiger partial charge < -0.3 is 9.64 Å². The molecule has 26 heavy (non-hydrogen) atoms. The van der Waals surface area contributed by atoms with Crippen LogP contribution in [0.3, 0.4) is 0 Å². The number of amides is 1. The zero-order valence-electron chi connectivity index (χ0n) is 14.4. The van der Waals surface area contributed by atoms with E-state index in [1.54, 1.807) is 17.2 Å². The third-order valence-corrected chi connectivity index (χ3v) is 5.35. The number of nitriles is 1. The van der Waals surface area contributed by atoms with E-state index in [0.717, 1.165) is 10.0 Å². The van der Waals surface area contributed by atoms with Crippen LogP contribution in [0.15, 0.2) is 40.1 Å². The fourth-order valence-electron chi connectivity index (χ4n) is 2.16. The first-order valence-corrected chi connectivity index (χ1v) is 9.95. The van der Waals surface area contributed by atoms with Gasteiger partial charge in [-0.25, -0.2) is 4.98 Å². The lowest BCUT2D eigenvalue weighted by atomic mass is 10.2. The van der Waals surface area contributed by atoms with Crippen molar-refractivity contribution in [1.82, 2.24) is 4.98 Å². The van der Waals surface area contributed by atoms with Gasteiger partial charge in [0.1, 0.15) is 0 Å². The molecule has 1 heterocycles. The van der Waals surface area contributed by atoms with Gasteiger partial charge in [0.2, 0.25) is 5.91 Å². The maximum atomic E-state index is 12.6. The van der Waals surface area contributed by atoms with Crippen molar-refractivity contribution in [1.29, 1.82) is 5.26 Å². The third kappa shape index (κ3) is 6.17. The van der Waals surface area contributed by atoms with Gasteiger partial charge in [-0.3, -0.25) is 9.59 Å². The van der Waals surface area contributed by atoms with Crippen LogP contribution in [-0.2, 0) is 20.7 Å². The molecule has 0 spiro atoms. The molecule has 0 aliphatic heterocycles. The number of carbonyl (C=O) groups is 2. The summed E-state index contributed by atoms with van der Waals surface area (Å²) in [5.41, 5.74) is 1.42. The van der Waals surface area contributed by atoms with Gasteiger partial charge in [0.05, 0.1) is 37.0 Å². The number of para-hydroxylation sites is 1. The number of ether oxygens (including phenoxy) is 1. The molecule has 1 aromatic heterocycles. The van der Waals surface area contributed by atoms with E-state index in [1.807, 2.05) is 30.3 Å². The van der Waals surface area contributed by atoms with E-state index < -0.39 is 0 Å². The van der Waals surface area contributed by atoms with E-state index in [-0.39, 0.29) is 30.5 Å². The first kappa shape index (κ1) is 19.9. The van der Waals surface area contributed by atoms with E-state index in [4.69, 9.17) is 10.00 Å². The normalized spacial score (nSPS) is 10.2. The summed E-state index contributed by atoms with van der Waals surface area (Å²) >= 11 is 2.73. The molecule has 6 nitrogen and oxygen atoms in total. The maximum Gasteiger partial charge on any atom is 0.311 e. The molecule has 1 aromatic carbocycles. The van der Waals surface area contributed by atoms with Crippen molar-refractivity contribution in [3.63, 3.8) is 0 Å². The molecule has 0 N–H and O–H groups in total. The molecule has 0 fully saturated rings. The second-order valence-corrected chi connectivity index (χ2v) is 7.24. The Labute approximate surface area is 160 Å². The number of aromatic nitrogens is 1. The Kier molecular flexibility index (Phi) is 8.12.